The fourth-order valence-electron chi connectivity index (χ4n) is 4.09. The third kappa shape index (κ3) is 7.20. The molecular formula is C25H30N4O3S2. The van der Waals surface area contributed by atoms with E-state index in [0.717, 1.165) is 38.2 Å². The minimum atomic E-state index is -0.247. The molecule has 0 bridgehead atoms. The molecule has 0 radical (unpaired) electrons. The number of anilines is 2. The minimum Gasteiger partial charge on any atom is -0.373 e. The molecule has 1 aromatic carbocycles. The van der Waals surface area contributed by atoms with Crippen LogP contribution in [0.4, 0.5) is 10.8 Å². The molecule has 2 unspecified atom stereocenters. The van der Waals surface area contributed by atoms with Crippen LogP contribution in [0.1, 0.15) is 47.6 Å². The minimum absolute atomic E-state index is 0.0505. The van der Waals surface area contributed by atoms with E-state index in [0.29, 0.717) is 22.8 Å². The van der Waals surface area contributed by atoms with Gasteiger partial charge in [0.25, 0.3) is 5.91 Å². The van der Waals surface area contributed by atoms with E-state index in [2.05, 4.69) is 40.4 Å². The molecule has 2 amide bonds. The van der Waals surface area contributed by atoms with Gasteiger partial charge in [0.2, 0.25) is 5.91 Å². The van der Waals surface area contributed by atoms with Gasteiger partial charge < -0.3 is 10.1 Å². The van der Waals surface area contributed by atoms with Gasteiger partial charge in [-0.2, -0.15) is 0 Å². The van der Waals surface area contributed by atoms with Gasteiger partial charge in [-0.15, -0.1) is 22.7 Å². The molecule has 4 rings (SSSR count). The number of carbonyl (C=O) groups excluding carboxylic acids is 2. The number of aryl methyl sites for hydroxylation is 1. The third-order valence-electron chi connectivity index (χ3n) is 5.47. The molecule has 2 N–H and O–H groups in total. The maximum atomic E-state index is 12.8. The van der Waals surface area contributed by atoms with Gasteiger partial charge in [0, 0.05) is 47.6 Å². The molecule has 1 aliphatic heterocycles. The topological polar surface area (TPSA) is 83.6 Å². The van der Waals surface area contributed by atoms with Crippen molar-refractivity contribution < 1.29 is 14.3 Å². The second kappa shape index (κ2) is 11.7. The molecule has 1 aliphatic rings. The molecule has 2 aromatic heterocycles. The normalized spacial score (nSPS) is 18.5. The largest absolute Gasteiger partial charge is 0.373 e. The lowest BCUT2D eigenvalue weighted by Gasteiger charge is -2.34. The number of amides is 2. The summed E-state index contributed by atoms with van der Waals surface area (Å²) in [5.74, 6) is -0.297. The van der Waals surface area contributed by atoms with Gasteiger partial charge >= 0.3 is 0 Å². The van der Waals surface area contributed by atoms with E-state index in [4.69, 9.17) is 4.74 Å². The Labute approximate surface area is 208 Å². The van der Waals surface area contributed by atoms with Crippen molar-refractivity contribution in [2.75, 3.05) is 23.7 Å². The number of hydrogen-bond acceptors (Lipinski definition) is 7. The Bertz CT molecular complexity index is 1090. The van der Waals surface area contributed by atoms with Gasteiger partial charge in [-0.25, -0.2) is 4.98 Å². The van der Waals surface area contributed by atoms with Crippen LogP contribution in [0, 0.1) is 0 Å². The average Bonchev–Trinajstić information content (AvgIpc) is 3.45. The number of thiazole rings is 1. The first-order valence-electron chi connectivity index (χ1n) is 11.5. The first-order chi connectivity index (χ1) is 16.4. The Hall–Kier alpha value is -2.59. The molecule has 3 heterocycles. The second-order valence-electron chi connectivity index (χ2n) is 8.61. The Morgan fingerprint density at radius 3 is 2.71 bits per heavy atom. The van der Waals surface area contributed by atoms with Crippen LogP contribution < -0.4 is 10.6 Å². The Balaban J connectivity index is 1.27. The van der Waals surface area contributed by atoms with Crippen molar-refractivity contribution in [1.29, 1.82) is 0 Å². The highest BCUT2D eigenvalue weighted by Crippen LogP contribution is 2.21. The van der Waals surface area contributed by atoms with Crippen LogP contribution in [0.3, 0.4) is 0 Å². The maximum absolute atomic E-state index is 12.8. The van der Waals surface area contributed by atoms with Crippen molar-refractivity contribution in [3.8, 4) is 0 Å². The van der Waals surface area contributed by atoms with Crippen molar-refractivity contribution in [2.24, 2.45) is 0 Å². The summed E-state index contributed by atoms with van der Waals surface area (Å²) < 4.78 is 5.79. The number of thiophene rings is 1. The zero-order chi connectivity index (χ0) is 23.9. The molecule has 1 fully saturated rings. The Morgan fingerprint density at radius 1 is 1.12 bits per heavy atom. The number of rotatable bonds is 9. The maximum Gasteiger partial charge on any atom is 0.257 e. The summed E-state index contributed by atoms with van der Waals surface area (Å²) >= 11 is 3.12. The standard InChI is InChI=1S/C25H30N4O3S2/c1-17-13-29(14-18(2)32-17)15-21-16-34-25(27-21)28-24(31)19-6-3-7-20(12-19)26-23(30)10-4-8-22-9-5-11-33-22/h3,5-7,9,11-12,16-18H,4,8,10,13-15H2,1-2H3,(H,26,30)(H,27,28,31). The van der Waals surface area contributed by atoms with Crippen molar-refractivity contribution in [3.05, 3.63) is 63.3 Å². The van der Waals surface area contributed by atoms with E-state index in [1.807, 2.05) is 16.8 Å². The first kappa shape index (κ1) is 24.5. The zero-order valence-corrected chi connectivity index (χ0v) is 21.1. The fraction of sp³-hybridized carbons (Fsp3) is 0.400. The van der Waals surface area contributed by atoms with Gasteiger partial charge in [0.1, 0.15) is 0 Å². The molecule has 180 valence electrons. The number of nitrogens with zero attached hydrogens (tertiary/aromatic N) is 2. The van der Waals surface area contributed by atoms with Crippen LogP contribution >= 0.6 is 22.7 Å². The molecule has 3 aromatic rings. The molecule has 0 saturated carbocycles. The van der Waals surface area contributed by atoms with E-state index in [1.165, 1.54) is 16.2 Å². The Morgan fingerprint density at radius 2 is 1.94 bits per heavy atom. The summed E-state index contributed by atoms with van der Waals surface area (Å²) in [6, 6.07) is 11.1. The number of nitrogens with one attached hydrogen (secondary N) is 2. The predicted octanol–water partition coefficient (Wildman–Crippen LogP) is 5.03. The highest BCUT2D eigenvalue weighted by atomic mass is 32.1. The average molecular weight is 499 g/mol. The van der Waals surface area contributed by atoms with E-state index < -0.39 is 0 Å². The van der Waals surface area contributed by atoms with Gasteiger partial charge in [-0.1, -0.05) is 12.1 Å². The molecule has 34 heavy (non-hydrogen) atoms. The number of aromatic nitrogens is 1. The van der Waals surface area contributed by atoms with Crippen molar-refractivity contribution >= 4 is 45.3 Å². The molecule has 7 nitrogen and oxygen atoms in total. The first-order valence-corrected chi connectivity index (χ1v) is 13.3. The fourth-order valence-corrected chi connectivity index (χ4v) is 5.54. The third-order valence-corrected chi connectivity index (χ3v) is 7.21. The van der Waals surface area contributed by atoms with Crippen LogP contribution in [-0.4, -0.2) is 47.0 Å². The highest BCUT2D eigenvalue weighted by Gasteiger charge is 2.23. The molecule has 0 spiro atoms. The molecule has 1 saturated heterocycles. The van der Waals surface area contributed by atoms with Gasteiger partial charge in [0.05, 0.1) is 17.9 Å². The van der Waals surface area contributed by atoms with E-state index in [1.54, 1.807) is 35.6 Å². The van der Waals surface area contributed by atoms with E-state index >= 15 is 0 Å². The molecule has 9 heteroatoms. The van der Waals surface area contributed by atoms with Gasteiger partial charge in [0.15, 0.2) is 5.13 Å². The summed E-state index contributed by atoms with van der Waals surface area (Å²) in [6.07, 6.45) is 2.54. The quantitative estimate of drug-likeness (QED) is 0.432. The highest BCUT2D eigenvalue weighted by molar-refractivity contribution is 7.14. The lowest BCUT2D eigenvalue weighted by atomic mass is 10.1. The number of morpholine rings is 1. The van der Waals surface area contributed by atoms with Gasteiger partial charge in [-0.3, -0.25) is 19.8 Å². The van der Waals surface area contributed by atoms with Crippen LogP contribution in [0.15, 0.2) is 47.2 Å². The number of carbonyl (C=O) groups is 2. The smallest absolute Gasteiger partial charge is 0.257 e. The monoisotopic (exact) mass is 498 g/mol. The Kier molecular flexibility index (Phi) is 8.44. The number of hydrogen-bond donors (Lipinski definition) is 2. The van der Waals surface area contributed by atoms with Gasteiger partial charge in [-0.05, 0) is 56.3 Å². The predicted molar refractivity (Wildman–Crippen MR) is 138 cm³/mol. The summed E-state index contributed by atoms with van der Waals surface area (Å²) in [6.45, 7) is 6.64. The molecule has 2 atom stereocenters. The van der Waals surface area contributed by atoms with Crippen LogP contribution in [0.5, 0.6) is 0 Å². The lowest BCUT2D eigenvalue weighted by Crippen LogP contribution is -2.44. The van der Waals surface area contributed by atoms with Crippen molar-refractivity contribution in [3.63, 3.8) is 0 Å². The van der Waals surface area contributed by atoms with E-state index in [9.17, 15) is 9.59 Å². The lowest BCUT2D eigenvalue weighted by molar-refractivity contribution is -0.116. The van der Waals surface area contributed by atoms with Crippen LogP contribution in [-0.2, 0) is 22.5 Å². The SMILES string of the molecule is CC1CN(Cc2csc(NC(=O)c3cccc(NC(=O)CCCc4cccs4)c3)n2)CC(C)O1. The summed E-state index contributed by atoms with van der Waals surface area (Å²) in [5, 5.41) is 10.4. The zero-order valence-electron chi connectivity index (χ0n) is 19.5. The summed E-state index contributed by atoms with van der Waals surface area (Å²) in [4.78, 5) is 33.2. The molecule has 0 aliphatic carbocycles. The number of benzene rings is 1. The number of ether oxygens (including phenoxy) is 1. The van der Waals surface area contributed by atoms with Crippen molar-refractivity contribution in [1.82, 2.24) is 9.88 Å². The van der Waals surface area contributed by atoms with Crippen molar-refractivity contribution in [2.45, 2.75) is 51.9 Å². The van der Waals surface area contributed by atoms with E-state index in [-0.39, 0.29) is 24.0 Å². The second-order valence-corrected chi connectivity index (χ2v) is 10.5. The van der Waals surface area contributed by atoms with Crippen LogP contribution in [0.2, 0.25) is 0 Å². The van der Waals surface area contributed by atoms with Crippen LogP contribution in [0.25, 0.3) is 0 Å². The molecular weight excluding hydrogens is 468 g/mol. The summed E-state index contributed by atoms with van der Waals surface area (Å²) in [5.41, 5.74) is 2.03. The summed E-state index contributed by atoms with van der Waals surface area (Å²) in [7, 11) is 0.